The Labute approximate surface area is 312 Å². The summed E-state index contributed by atoms with van der Waals surface area (Å²) in [6.45, 7) is 7.93. The molecule has 2 amide bonds. The van der Waals surface area contributed by atoms with E-state index in [-0.39, 0.29) is 36.1 Å². The van der Waals surface area contributed by atoms with E-state index in [1.165, 1.54) is 24.3 Å². The van der Waals surface area contributed by atoms with E-state index in [0.717, 1.165) is 0 Å². The van der Waals surface area contributed by atoms with Gasteiger partial charge < -0.3 is 51.3 Å². The summed E-state index contributed by atoms with van der Waals surface area (Å²) in [5.41, 5.74) is 16.5. The number of nitrogens with two attached hydrogens (primary N) is 1. The zero-order valence-corrected chi connectivity index (χ0v) is 29.8. The minimum Gasteiger partial charge on any atom is -0.379 e. The summed E-state index contributed by atoms with van der Waals surface area (Å²) in [4.78, 5) is 35.9. The first-order valence-corrected chi connectivity index (χ1v) is 17.0. The minimum absolute atomic E-state index is 0.0430. The summed E-state index contributed by atoms with van der Waals surface area (Å²) in [6.07, 6.45) is 0. The highest BCUT2D eigenvalue weighted by Gasteiger charge is 2.07. The summed E-state index contributed by atoms with van der Waals surface area (Å²) in [6, 6.07) is 21.2. The van der Waals surface area contributed by atoms with E-state index in [4.69, 9.17) is 30.2 Å². The third-order valence-electron chi connectivity index (χ3n) is 6.80. The molecule has 3 aromatic carbocycles. The van der Waals surface area contributed by atoms with Gasteiger partial charge in [0, 0.05) is 53.6 Å². The Kier molecular flexibility index (Phi) is 20.3. The number of ether oxygens (including phenoxy) is 4. The highest BCUT2D eigenvalue weighted by Crippen LogP contribution is 2.14. The largest absolute Gasteiger partial charge is 0.379 e. The number of hydrogen-bond donors (Lipinski definition) is 6. The Morgan fingerprint density at radius 2 is 1.17 bits per heavy atom. The van der Waals surface area contributed by atoms with Crippen LogP contribution in [0, 0.1) is 5.82 Å². The van der Waals surface area contributed by atoms with Crippen LogP contribution in [0.5, 0.6) is 0 Å². The number of benzene rings is 3. The fourth-order valence-corrected chi connectivity index (χ4v) is 4.24. The monoisotopic (exact) mass is 747 g/mol. The van der Waals surface area contributed by atoms with Crippen LogP contribution in [-0.4, -0.2) is 103 Å². The molecule has 3 aromatic rings. The Balaban J connectivity index is 1.39. The summed E-state index contributed by atoms with van der Waals surface area (Å²) in [7, 11) is 0. The Morgan fingerprint density at radius 3 is 1.74 bits per heavy atom. The minimum atomic E-state index is -0.401. The molecule has 3 rings (SSSR count). The first-order chi connectivity index (χ1) is 26.3. The molecule has 0 aliphatic heterocycles. The van der Waals surface area contributed by atoms with Crippen molar-refractivity contribution in [2.45, 2.75) is 0 Å². The quantitative estimate of drug-likeness (QED) is 0.0195. The molecule has 0 aliphatic rings. The lowest BCUT2D eigenvalue weighted by Crippen LogP contribution is -2.35. The third-order valence-corrected chi connectivity index (χ3v) is 6.80. The van der Waals surface area contributed by atoms with Crippen molar-refractivity contribution in [3.63, 3.8) is 0 Å². The van der Waals surface area contributed by atoms with Crippen LogP contribution in [0.1, 0.15) is 20.7 Å². The van der Waals surface area contributed by atoms with Crippen molar-refractivity contribution in [2.75, 3.05) is 89.7 Å². The molecule has 0 saturated heterocycles. The lowest BCUT2D eigenvalue weighted by atomic mass is 10.2. The number of azide groups is 1. The summed E-state index contributed by atoms with van der Waals surface area (Å²) in [5, 5.41) is 17.9. The molecule has 7 N–H and O–H groups in total. The maximum absolute atomic E-state index is 13.5. The zero-order valence-electron chi connectivity index (χ0n) is 29.8. The van der Waals surface area contributed by atoms with E-state index in [2.05, 4.69) is 53.2 Å². The van der Waals surface area contributed by atoms with E-state index >= 15 is 0 Å². The number of guanidine groups is 2. The van der Waals surface area contributed by atoms with Crippen molar-refractivity contribution in [3.05, 3.63) is 119 Å². The second-order valence-electron chi connectivity index (χ2n) is 10.9. The number of nitrogens with zero attached hydrogens (tertiary/aromatic N) is 5. The molecule has 0 saturated carbocycles. The van der Waals surface area contributed by atoms with E-state index in [9.17, 15) is 14.0 Å². The van der Waals surface area contributed by atoms with Crippen LogP contribution in [0.2, 0.25) is 0 Å². The summed E-state index contributed by atoms with van der Waals surface area (Å²) < 4.78 is 35.2. The predicted molar refractivity (Wildman–Crippen MR) is 205 cm³/mol. The fraction of sp³-hybridized carbons (Fsp3) is 0.333. The second kappa shape index (κ2) is 25.8. The second-order valence-corrected chi connectivity index (χ2v) is 10.9. The van der Waals surface area contributed by atoms with Crippen molar-refractivity contribution >= 4 is 35.1 Å². The topological polar surface area (TPSA) is 231 Å². The van der Waals surface area contributed by atoms with Crippen molar-refractivity contribution in [2.24, 2.45) is 20.8 Å². The molecular weight excluding hydrogens is 701 g/mol. The third kappa shape index (κ3) is 18.5. The van der Waals surface area contributed by atoms with Gasteiger partial charge in [0.05, 0.1) is 52.9 Å². The fourth-order valence-electron chi connectivity index (χ4n) is 4.24. The number of nitrogens with one attached hydrogen (secondary N) is 5. The maximum atomic E-state index is 13.5. The van der Waals surface area contributed by atoms with Gasteiger partial charge in [0.15, 0.2) is 5.96 Å². The molecule has 0 aromatic heterocycles. The van der Waals surface area contributed by atoms with Gasteiger partial charge in [-0.1, -0.05) is 29.9 Å². The lowest BCUT2D eigenvalue weighted by Gasteiger charge is -2.11. The number of rotatable bonds is 24. The highest BCUT2D eigenvalue weighted by molar-refractivity contribution is 6.02. The SMILES string of the molecule is C=C(/N=C(\N=C(/N)NCCOCCOCCNC(=O)c1ccccc1)Nc1ccc(F)cc1)Nc1ccc(C(=O)NCCOCCOCCN=[N+]=[N-])cc1. The average Bonchev–Trinajstić information content (AvgIpc) is 3.17. The lowest BCUT2D eigenvalue weighted by molar-refractivity contribution is 0.0502. The van der Waals surface area contributed by atoms with E-state index in [0.29, 0.717) is 95.0 Å². The zero-order chi connectivity index (χ0) is 38.6. The number of carbonyl (C=O) groups is 2. The first-order valence-electron chi connectivity index (χ1n) is 17.0. The molecule has 0 radical (unpaired) electrons. The molecule has 0 spiro atoms. The average molecular weight is 748 g/mol. The number of halogens is 1. The van der Waals surface area contributed by atoms with E-state index in [1.54, 1.807) is 48.5 Å². The number of anilines is 2. The highest BCUT2D eigenvalue weighted by atomic mass is 19.1. The Hall–Kier alpha value is -6.04. The predicted octanol–water partition coefficient (Wildman–Crippen LogP) is 3.62. The molecule has 0 bridgehead atoms. The molecule has 0 heterocycles. The Morgan fingerprint density at radius 1 is 0.667 bits per heavy atom. The Bertz CT molecular complexity index is 1690. The number of amides is 2. The van der Waals surface area contributed by atoms with Gasteiger partial charge in [-0.3, -0.25) is 9.59 Å². The van der Waals surface area contributed by atoms with Crippen LogP contribution in [0.15, 0.2) is 106 Å². The van der Waals surface area contributed by atoms with E-state index < -0.39 is 5.82 Å². The molecule has 288 valence electrons. The molecule has 0 aliphatic carbocycles. The van der Waals surface area contributed by atoms with Crippen LogP contribution < -0.4 is 32.3 Å². The van der Waals surface area contributed by atoms with Crippen LogP contribution in [-0.2, 0) is 18.9 Å². The van der Waals surface area contributed by atoms with Crippen LogP contribution in [0.25, 0.3) is 10.4 Å². The normalized spacial score (nSPS) is 11.3. The van der Waals surface area contributed by atoms with Gasteiger partial charge in [-0.25, -0.2) is 4.39 Å². The number of hydrogen-bond acceptors (Lipinski definition) is 9. The maximum Gasteiger partial charge on any atom is 0.251 e. The van der Waals surface area contributed by atoms with Gasteiger partial charge in [0.1, 0.15) is 11.6 Å². The number of aliphatic imine (C=N–C) groups is 2. The molecule has 54 heavy (non-hydrogen) atoms. The molecule has 17 nitrogen and oxygen atoms in total. The van der Waals surface area contributed by atoms with Gasteiger partial charge in [0.2, 0.25) is 5.96 Å². The molecule has 0 atom stereocenters. The summed E-state index contributed by atoms with van der Waals surface area (Å²) >= 11 is 0. The summed E-state index contributed by atoms with van der Waals surface area (Å²) in [5.74, 6) is -0.512. The van der Waals surface area contributed by atoms with Gasteiger partial charge in [0.25, 0.3) is 11.8 Å². The molecule has 0 fully saturated rings. The first kappa shape index (κ1) is 42.4. The van der Waals surface area contributed by atoms with Crippen LogP contribution >= 0.6 is 0 Å². The smallest absolute Gasteiger partial charge is 0.251 e. The number of carbonyl (C=O) groups excluding carboxylic acids is 2. The van der Waals surface area contributed by atoms with Crippen LogP contribution in [0.4, 0.5) is 15.8 Å². The van der Waals surface area contributed by atoms with Gasteiger partial charge in [-0.05, 0) is 66.2 Å². The molecule has 18 heteroatoms. The van der Waals surface area contributed by atoms with Gasteiger partial charge in [-0.2, -0.15) is 9.98 Å². The van der Waals surface area contributed by atoms with Crippen molar-refractivity contribution in [1.82, 2.24) is 16.0 Å². The molecular formula is C36H46FN11O6. The molecule has 0 unspecified atom stereocenters. The standard InChI is InChI=1S/C36H46FN11O6/c1-27(44-31-11-7-29(8-12-31)34(50)41-16-20-52-25-26-54-22-18-43-48-39)45-36(46-32-13-9-30(37)10-14-32)47-35(38)42-17-21-53-24-23-51-19-15-40-33(49)28-5-3-2-4-6-28/h2-14,44H,1,15-26H2,(H,40,49)(H,41,50)(H4,38,42,45,46,47). The van der Waals surface area contributed by atoms with Crippen LogP contribution in [0.3, 0.4) is 0 Å². The van der Waals surface area contributed by atoms with Gasteiger partial charge in [-0.15, -0.1) is 0 Å². The van der Waals surface area contributed by atoms with E-state index in [1.807, 2.05) is 6.07 Å². The van der Waals surface area contributed by atoms with Crippen molar-refractivity contribution < 1.29 is 32.9 Å². The van der Waals surface area contributed by atoms with Crippen molar-refractivity contribution in [1.29, 1.82) is 0 Å². The van der Waals surface area contributed by atoms with Crippen molar-refractivity contribution in [3.8, 4) is 0 Å². The van der Waals surface area contributed by atoms with Gasteiger partial charge >= 0.3 is 0 Å².